The molecule has 16 heteroatoms. The van der Waals surface area contributed by atoms with Gasteiger partial charge in [-0.15, -0.1) is 0 Å². The maximum absolute atomic E-state index is 12.3. The normalized spacial score (nSPS) is 22.6. The van der Waals surface area contributed by atoms with Gasteiger partial charge in [0.25, 0.3) is 0 Å². The first-order valence-corrected chi connectivity index (χ1v) is 9.48. The van der Waals surface area contributed by atoms with Gasteiger partial charge in [-0.1, -0.05) is 0 Å². The van der Waals surface area contributed by atoms with Gasteiger partial charge < -0.3 is 35.6 Å². The number of halogens is 3. The van der Waals surface area contributed by atoms with Gasteiger partial charge in [-0.2, -0.15) is 18.2 Å². The van der Waals surface area contributed by atoms with Crippen molar-refractivity contribution in [2.45, 2.75) is 37.6 Å². The van der Waals surface area contributed by atoms with Crippen molar-refractivity contribution >= 4 is 23.5 Å². The van der Waals surface area contributed by atoms with Gasteiger partial charge in [-0.05, 0) is 6.07 Å². The Balaban J connectivity index is 1.97. The van der Waals surface area contributed by atoms with E-state index in [-0.39, 0.29) is 12.4 Å². The molecule has 1 aliphatic heterocycles. The fourth-order valence-corrected chi connectivity index (χ4v) is 2.83. The molecule has 1 aromatic rings. The summed E-state index contributed by atoms with van der Waals surface area (Å²) < 4.78 is 48.0. The number of hydrogen-bond acceptors (Lipinski definition) is 9. The van der Waals surface area contributed by atoms with E-state index < -0.39 is 73.9 Å². The minimum atomic E-state index is -5.04. The first kappa shape index (κ1) is 26.2. The van der Waals surface area contributed by atoms with E-state index in [1.165, 1.54) is 19.2 Å². The molecule has 1 aromatic heterocycles. The molecule has 0 saturated carbocycles. The van der Waals surface area contributed by atoms with E-state index >= 15 is 0 Å². The summed E-state index contributed by atoms with van der Waals surface area (Å²) in [4.78, 5) is 49.6. The van der Waals surface area contributed by atoms with E-state index in [4.69, 9.17) is 9.47 Å². The van der Waals surface area contributed by atoms with Crippen LogP contribution in [0.3, 0.4) is 0 Å². The highest BCUT2D eigenvalue weighted by molar-refractivity contribution is 5.87. The number of ether oxygens (including phenoxy) is 2. The summed E-state index contributed by atoms with van der Waals surface area (Å²) in [5.74, 6) is -3.44. The maximum atomic E-state index is 12.3. The van der Waals surface area contributed by atoms with Gasteiger partial charge >= 0.3 is 17.8 Å². The SMILES string of the molecule is CC(=O)Nc1ccn([C@@H]2O[C@H](CO)[C@@H](O)[C@H]2OCC(=O)NCCNC(=O)C(F)(F)F)c(=O)n1. The average molecular weight is 481 g/mol. The van der Waals surface area contributed by atoms with Gasteiger partial charge in [0.15, 0.2) is 6.23 Å². The van der Waals surface area contributed by atoms with Gasteiger partial charge in [-0.25, -0.2) is 4.79 Å². The monoisotopic (exact) mass is 481 g/mol. The number of anilines is 1. The third kappa shape index (κ3) is 7.21. The topological polar surface area (TPSA) is 181 Å². The lowest BCUT2D eigenvalue weighted by atomic mass is 10.1. The highest BCUT2D eigenvalue weighted by Gasteiger charge is 2.46. The number of aliphatic hydroxyl groups is 2. The highest BCUT2D eigenvalue weighted by atomic mass is 19.4. The smallest absolute Gasteiger partial charge is 0.394 e. The lowest BCUT2D eigenvalue weighted by Crippen LogP contribution is -2.43. The Morgan fingerprint density at radius 3 is 2.52 bits per heavy atom. The van der Waals surface area contributed by atoms with E-state index in [2.05, 4.69) is 15.6 Å². The Morgan fingerprint density at radius 1 is 1.27 bits per heavy atom. The molecule has 33 heavy (non-hydrogen) atoms. The van der Waals surface area contributed by atoms with Crippen LogP contribution < -0.4 is 21.6 Å². The Kier molecular flexibility index (Phi) is 8.86. The molecule has 5 N–H and O–H groups in total. The molecule has 2 rings (SSSR count). The largest absolute Gasteiger partial charge is 0.471 e. The Bertz CT molecular complexity index is 925. The predicted octanol–water partition coefficient (Wildman–Crippen LogP) is -2.37. The summed E-state index contributed by atoms with van der Waals surface area (Å²) in [6.45, 7) is -0.914. The Labute approximate surface area is 183 Å². The molecule has 0 aliphatic carbocycles. The summed E-state index contributed by atoms with van der Waals surface area (Å²) >= 11 is 0. The van der Waals surface area contributed by atoms with Crippen molar-refractivity contribution in [2.24, 2.45) is 0 Å². The number of amides is 3. The molecule has 184 valence electrons. The van der Waals surface area contributed by atoms with Crippen LogP contribution in [0, 0.1) is 0 Å². The molecular formula is C17H22F3N5O8. The quantitative estimate of drug-likeness (QED) is 0.241. The third-order valence-corrected chi connectivity index (χ3v) is 4.30. The van der Waals surface area contributed by atoms with Crippen LogP contribution in [0.5, 0.6) is 0 Å². The number of carbonyl (C=O) groups excluding carboxylic acids is 3. The van der Waals surface area contributed by atoms with E-state index in [1.54, 1.807) is 5.32 Å². The molecule has 1 aliphatic rings. The summed E-state index contributed by atoms with van der Waals surface area (Å²) in [6.07, 6.45) is -9.02. The first-order valence-electron chi connectivity index (χ1n) is 9.48. The molecular weight excluding hydrogens is 459 g/mol. The van der Waals surface area contributed by atoms with Crippen LogP contribution in [0.15, 0.2) is 17.1 Å². The zero-order chi connectivity index (χ0) is 24.8. The van der Waals surface area contributed by atoms with Gasteiger partial charge in [0.2, 0.25) is 11.8 Å². The van der Waals surface area contributed by atoms with Crippen LogP contribution in [-0.2, 0) is 23.9 Å². The van der Waals surface area contributed by atoms with Crippen molar-refractivity contribution < 1.29 is 47.2 Å². The van der Waals surface area contributed by atoms with Crippen molar-refractivity contribution in [2.75, 3.05) is 31.6 Å². The molecule has 0 bridgehead atoms. The molecule has 13 nitrogen and oxygen atoms in total. The summed E-state index contributed by atoms with van der Waals surface area (Å²) in [7, 11) is 0. The molecule has 0 radical (unpaired) electrons. The fourth-order valence-electron chi connectivity index (χ4n) is 2.83. The fraction of sp³-hybridized carbons (Fsp3) is 0.588. The lowest BCUT2D eigenvalue weighted by Gasteiger charge is -2.22. The number of aromatic nitrogens is 2. The summed E-state index contributed by atoms with van der Waals surface area (Å²) in [6, 6.07) is 1.28. The zero-order valence-electron chi connectivity index (χ0n) is 17.2. The van der Waals surface area contributed by atoms with E-state index in [0.717, 1.165) is 4.57 Å². The second-order valence-electron chi connectivity index (χ2n) is 6.80. The Morgan fingerprint density at radius 2 is 1.94 bits per heavy atom. The summed E-state index contributed by atoms with van der Waals surface area (Å²) in [5, 5.41) is 25.8. The average Bonchev–Trinajstić information content (AvgIpc) is 3.03. The molecule has 1 saturated heterocycles. The Hall–Kier alpha value is -3.08. The minimum absolute atomic E-state index is 0.0320. The molecule has 1 fully saturated rings. The molecule has 3 amide bonds. The predicted molar refractivity (Wildman–Crippen MR) is 102 cm³/mol. The molecule has 4 atom stereocenters. The van der Waals surface area contributed by atoms with Crippen molar-refractivity contribution in [3.63, 3.8) is 0 Å². The van der Waals surface area contributed by atoms with Gasteiger partial charge in [0.1, 0.15) is 30.7 Å². The first-order chi connectivity index (χ1) is 15.4. The van der Waals surface area contributed by atoms with Crippen molar-refractivity contribution in [3.05, 3.63) is 22.7 Å². The standard InChI is InChI=1S/C17H22F3N5O8/c1-8(27)23-10-2-5-25(16(31)24-10)14-13(12(29)9(6-26)33-14)32-7-11(28)21-3-4-22-15(30)17(18,19)20/h2,5,9,12-14,26,29H,3-4,6-7H2,1H3,(H,21,28)(H,22,30)(H,23,24,27,31)/t9-,12-,13-,14-/m1/s1. The number of alkyl halides is 3. The van der Waals surface area contributed by atoms with Crippen LogP contribution in [0.4, 0.5) is 19.0 Å². The zero-order valence-corrected chi connectivity index (χ0v) is 17.2. The lowest BCUT2D eigenvalue weighted by molar-refractivity contribution is -0.173. The van der Waals surface area contributed by atoms with Crippen LogP contribution in [0.2, 0.25) is 0 Å². The number of nitrogens with zero attached hydrogens (tertiary/aromatic N) is 2. The van der Waals surface area contributed by atoms with Gasteiger partial charge in [-0.3, -0.25) is 19.0 Å². The number of carbonyl (C=O) groups is 3. The molecule has 0 aromatic carbocycles. The van der Waals surface area contributed by atoms with E-state index in [1.807, 2.05) is 0 Å². The van der Waals surface area contributed by atoms with E-state index in [9.17, 15) is 42.6 Å². The maximum Gasteiger partial charge on any atom is 0.471 e. The summed E-state index contributed by atoms with van der Waals surface area (Å²) in [5.41, 5.74) is -0.879. The van der Waals surface area contributed by atoms with Crippen LogP contribution >= 0.6 is 0 Å². The number of hydrogen-bond donors (Lipinski definition) is 5. The van der Waals surface area contributed by atoms with Crippen LogP contribution in [0.1, 0.15) is 13.2 Å². The number of nitrogens with one attached hydrogen (secondary N) is 3. The third-order valence-electron chi connectivity index (χ3n) is 4.30. The molecule has 0 spiro atoms. The van der Waals surface area contributed by atoms with Crippen molar-refractivity contribution in [1.82, 2.24) is 20.2 Å². The van der Waals surface area contributed by atoms with Crippen molar-refractivity contribution in [1.29, 1.82) is 0 Å². The molecule has 2 heterocycles. The highest BCUT2D eigenvalue weighted by Crippen LogP contribution is 2.30. The molecule has 0 unspecified atom stereocenters. The number of aliphatic hydroxyl groups excluding tert-OH is 2. The van der Waals surface area contributed by atoms with Gasteiger partial charge in [0.05, 0.1) is 6.61 Å². The second-order valence-corrected chi connectivity index (χ2v) is 6.80. The van der Waals surface area contributed by atoms with Crippen LogP contribution in [-0.4, -0.2) is 88.3 Å². The van der Waals surface area contributed by atoms with Crippen LogP contribution in [0.25, 0.3) is 0 Å². The minimum Gasteiger partial charge on any atom is -0.394 e. The second kappa shape index (κ2) is 11.2. The van der Waals surface area contributed by atoms with Crippen molar-refractivity contribution in [3.8, 4) is 0 Å². The van der Waals surface area contributed by atoms with E-state index in [0.29, 0.717) is 0 Å². The number of rotatable bonds is 9. The van der Waals surface area contributed by atoms with Gasteiger partial charge in [0, 0.05) is 26.2 Å².